The number of aromatic nitrogens is 3. The summed E-state index contributed by atoms with van der Waals surface area (Å²) in [5.74, 6) is 2.32. The Morgan fingerprint density at radius 2 is 1.93 bits per heavy atom. The molecule has 28 heavy (non-hydrogen) atoms. The average molecular weight is 452 g/mol. The molecular formula is C21H34BrN5O. The van der Waals surface area contributed by atoms with Crippen molar-refractivity contribution < 1.29 is 4.74 Å². The Bertz CT molecular complexity index is 757. The monoisotopic (exact) mass is 451 g/mol. The standard InChI is InChI=1S/C21H34BrN5O/c1-5-6-17(4)14-25(13-16(2)3)15-18-21(22)27-19(23-18)7-8-20(24-27)26-9-11-28-12-10-26/h7-8,16-17H,5-6,9-15H2,1-4H3. The van der Waals surface area contributed by atoms with Gasteiger partial charge in [-0.15, -0.1) is 5.10 Å². The number of ether oxygens (including phenoxy) is 1. The molecule has 1 unspecified atom stereocenters. The molecule has 1 saturated heterocycles. The zero-order chi connectivity index (χ0) is 20.1. The molecule has 2 aromatic heterocycles. The third kappa shape index (κ3) is 5.45. The third-order valence-electron chi connectivity index (χ3n) is 5.16. The molecule has 1 aliphatic rings. The van der Waals surface area contributed by atoms with Crippen molar-refractivity contribution in [3.8, 4) is 0 Å². The smallest absolute Gasteiger partial charge is 0.155 e. The zero-order valence-corrected chi connectivity index (χ0v) is 19.3. The molecule has 6 nitrogen and oxygen atoms in total. The molecule has 0 aromatic carbocycles. The Hall–Kier alpha value is -1.18. The van der Waals surface area contributed by atoms with Gasteiger partial charge in [-0.05, 0) is 46.3 Å². The lowest BCUT2D eigenvalue weighted by atomic mass is 10.0. The van der Waals surface area contributed by atoms with Crippen LogP contribution < -0.4 is 4.90 Å². The summed E-state index contributed by atoms with van der Waals surface area (Å²) in [4.78, 5) is 9.68. The minimum absolute atomic E-state index is 0.635. The molecule has 3 heterocycles. The lowest BCUT2D eigenvalue weighted by Crippen LogP contribution is -2.37. The van der Waals surface area contributed by atoms with Crippen LogP contribution in [0, 0.1) is 11.8 Å². The maximum Gasteiger partial charge on any atom is 0.155 e. The van der Waals surface area contributed by atoms with E-state index in [-0.39, 0.29) is 0 Å². The summed E-state index contributed by atoms with van der Waals surface area (Å²) in [5, 5.41) is 4.84. The van der Waals surface area contributed by atoms with Crippen molar-refractivity contribution in [2.24, 2.45) is 11.8 Å². The van der Waals surface area contributed by atoms with Crippen LogP contribution in [-0.2, 0) is 11.3 Å². The van der Waals surface area contributed by atoms with Crippen molar-refractivity contribution in [2.45, 2.75) is 47.1 Å². The number of halogens is 1. The van der Waals surface area contributed by atoms with Crippen molar-refractivity contribution in [1.29, 1.82) is 0 Å². The Morgan fingerprint density at radius 3 is 2.61 bits per heavy atom. The molecule has 1 atom stereocenters. The van der Waals surface area contributed by atoms with Crippen molar-refractivity contribution >= 4 is 27.4 Å². The van der Waals surface area contributed by atoms with Gasteiger partial charge < -0.3 is 9.64 Å². The minimum atomic E-state index is 0.635. The van der Waals surface area contributed by atoms with Crippen molar-refractivity contribution in [2.75, 3.05) is 44.3 Å². The highest BCUT2D eigenvalue weighted by atomic mass is 79.9. The number of hydrogen-bond acceptors (Lipinski definition) is 5. The topological polar surface area (TPSA) is 45.9 Å². The molecule has 156 valence electrons. The lowest BCUT2D eigenvalue weighted by Gasteiger charge is -2.27. The fourth-order valence-corrected chi connectivity index (χ4v) is 4.44. The predicted octanol–water partition coefficient (Wildman–Crippen LogP) is 4.22. The van der Waals surface area contributed by atoms with E-state index in [9.17, 15) is 0 Å². The van der Waals surface area contributed by atoms with Gasteiger partial charge in [-0.3, -0.25) is 4.90 Å². The molecule has 0 radical (unpaired) electrons. The van der Waals surface area contributed by atoms with Crippen LogP contribution in [0.25, 0.3) is 5.65 Å². The van der Waals surface area contributed by atoms with Crippen LogP contribution >= 0.6 is 15.9 Å². The van der Waals surface area contributed by atoms with Crippen LogP contribution in [0.4, 0.5) is 5.82 Å². The lowest BCUT2D eigenvalue weighted by molar-refractivity contribution is 0.122. The normalized spacial score (nSPS) is 16.5. The number of fused-ring (bicyclic) bond motifs is 1. The van der Waals surface area contributed by atoms with E-state index in [1.54, 1.807) is 0 Å². The molecule has 2 aromatic rings. The second-order valence-corrected chi connectivity index (χ2v) is 9.14. The molecule has 3 rings (SSSR count). The summed E-state index contributed by atoms with van der Waals surface area (Å²) >= 11 is 3.77. The van der Waals surface area contributed by atoms with Gasteiger partial charge in [0.2, 0.25) is 0 Å². The molecule has 0 aliphatic carbocycles. The van der Waals surface area contributed by atoms with Gasteiger partial charge in [-0.25, -0.2) is 9.50 Å². The molecule has 0 bridgehead atoms. The number of morpholine rings is 1. The SMILES string of the molecule is CCCC(C)CN(Cc1nc2ccc(N3CCOCC3)nn2c1Br)CC(C)C. The number of nitrogens with zero attached hydrogens (tertiary/aromatic N) is 5. The Morgan fingerprint density at radius 1 is 1.18 bits per heavy atom. The maximum absolute atomic E-state index is 5.46. The zero-order valence-electron chi connectivity index (χ0n) is 17.7. The fourth-order valence-electron chi connectivity index (χ4n) is 3.96. The van der Waals surface area contributed by atoms with Gasteiger partial charge in [0.25, 0.3) is 0 Å². The van der Waals surface area contributed by atoms with Crippen LogP contribution in [0.5, 0.6) is 0 Å². The Labute approximate surface area is 177 Å². The molecule has 0 spiro atoms. The summed E-state index contributed by atoms with van der Waals surface area (Å²) in [6, 6.07) is 4.14. The summed E-state index contributed by atoms with van der Waals surface area (Å²) in [6.45, 7) is 15.5. The van der Waals surface area contributed by atoms with Crippen molar-refractivity contribution in [1.82, 2.24) is 19.5 Å². The molecular weight excluding hydrogens is 418 g/mol. The van der Waals surface area contributed by atoms with E-state index in [0.717, 1.165) is 67.7 Å². The van der Waals surface area contributed by atoms with Gasteiger partial charge in [0.1, 0.15) is 10.4 Å². The average Bonchev–Trinajstić information content (AvgIpc) is 2.97. The summed E-state index contributed by atoms with van der Waals surface area (Å²) in [5.41, 5.74) is 1.96. The van der Waals surface area contributed by atoms with Gasteiger partial charge in [0.05, 0.1) is 18.9 Å². The van der Waals surface area contributed by atoms with Crippen LogP contribution in [0.3, 0.4) is 0 Å². The van der Waals surface area contributed by atoms with Gasteiger partial charge in [-0.1, -0.05) is 34.1 Å². The van der Waals surface area contributed by atoms with Gasteiger partial charge in [-0.2, -0.15) is 0 Å². The van der Waals surface area contributed by atoms with E-state index in [4.69, 9.17) is 14.8 Å². The maximum atomic E-state index is 5.46. The highest BCUT2D eigenvalue weighted by Crippen LogP contribution is 2.23. The first kappa shape index (κ1) is 21.5. The van der Waals surface area contributed by atoms with E-state index in [2.05, 4.69) is 65.6 Å². The number of anilines is 1. The fraction of sp³-hybridized carbons (Fsp3) is 0.714. The van der Waals surface area contributed by atoms with Gasteiger partial charge >= 0.3 is 0 Å². The highest BCUT2D eigenvalue weighted by Gasteiger charge is 2.19. The second kappa shape index (κ2) is 10.0. The summed E-state index contributed by atoms with van der Waals surface area (Å²) in [6.07, 6.45) is 2.51. The summed E-state index contributed by atoms with van der Waals surface area (Å²) in [7, 11) is 0. The first-order chi connectivity index (χ1) is 13.5. The predicted molar refractivity (Wildman–Crippen MR) is 118 cm³/mol. The molecule has 0 saturated carbocycles. The molecule has 1 fully saturated rings. The third-order valence-corrected chi connectivity index (χ3v) is 5.95. The van der Waals surface area contributed by atoms with Crippen LogP contribution in [0.15, 0.2) is 16.7 Å². The number of imidazole rings is 1. The molecule has 0 N–H and O–H groups in total. The first-order valence-corrected chi connectivity index (χ1v) is 11.4. The Balaban J connectivity index is 1.79. The number of rotatable bonds is 9. The molecule has 1 aliphatic heterocycles. The number of hydrogen-bond donors (Lipinski definition) is 0. The van der Waals surface area contributed by atoms with Gasteiger partial charge in [0, 0.05) is 32.7 Å². The van der Waals surface area contributed by atoms with E-state index in [1.165, 1.54) is 12.8 Å². The van der Waals surface area contributed by atoms with Crippen molar-refractivity contribution in [3.05, 3.63) is 22.4 Å². The molecule has 7 heteroatoms. The van der Waals surface area contributed by atoms with Crippen LogP contribution in [0.1, 0.15) is 46.2 Å². The van der Waals surface area contributed by atoms with E-state index < -0.39 is 0 Å². The second-order valence-electron chi connectivity index (χ2n) is 8.39. The largest absolute Gasteiger partial charge is 0.378 e. The van der Waals surface area contributed by atoms with Crippen LogP contribution in [0.2, 0.25) is 0 Å². The minimum Gasteiger partial charge on any atom is -0.378 e. The van der Waals surface area contributed by atoms with E-state index in [0.29, 0.717) is 11.8 Å². The van der Waals surface area contributed by atoms with Gasteiger partial charge in [0.15, 0.2) is 5.65 Å². The van der Waals surface area contributed by atoms with E-state index in [1.807, 2.05) is 4.52 Å². The molecule has 0 amide bonds. The van der Waals surface area contributed by atoms with E-state index >= 15 is 0 Å². The quantitative estimate of drug-likeness (QED) is 0.570. The first-order valence-electron chi connectivity index (χ1n) is 10.6. The highest BCUT2D eigenvalue weighted by molar-refractivity contribution is 9.10. The van der Waals surface area contributed by atoms with Crippen LogP contribution in [-0.4, -0.2) is 58.9 Å². The van der Waals surface area contributed by atoms with Crippen molar-refractivity contribution in [3.63, 3.8) is 0 Å². The Kier molecular flexibility index (Phi) is 7.71. The summed E-state index contributed by atoms with van der Waals surface area (Å²) < 4.78 is 8.36.